The zero-order chi connectivity index (χ0) is 15.2. The van der Waals surface area contributed by atoms with Crippen molar-refractivity contribution in [2.24, 2.45) is 5.73 Å². The molecule has 10 heteroatoms. The number of para-hydroxylation sites is 1. The van der Waals surface area contributed by atoms with Crippen LogP contribution in [0.3, 0.4) is 0 Å². The van der Waals surface area contributed by atoms with Crippen molar-refractivity contribution >= 4 is 25.8 Å². The molecule has 0 aliphatic carbocycles. The first-order valence-corrected chi connectivity index (χ1v) is 8.83. The van der Waals surface area contributed by atoms with Gasteiger partial charge in [0.15, 0.2) is 0 Å². The van der Waals surface area contributed by atoms with Crippen molar-refractivity contribution < 1.29 is 21.4 Å². The van der Waals surface area contributed by atoms with Gasteiger partial charge in [-0.3, -0.25) is 4.55 Å². The average molecular weight is 323 g/mol. The molecule has 5 N–H and O–H groups in total. The highest BCUT2D eigenvalue weighted by molar-refractivity contribution is 7.89. The Balaban J connectivity index is 2.86. The summed E-state index contributed by atoms with van der Waals surface area (Å²) in [5.41, 5.74) is 5.71. The van der Waals surface area contributed by atoms with E-state index in [2.05, 4.69) is 10.0 Å². The molecule has 0 radical (unpaired) electrons. The minimum Gasteiger partial charge on any atom is -0.383 e. The van der Waals surface area contributed by atoms with Gasteiger partial charge in [0.25, 0.3) is 10.1 Å². The highest BCUT2D eigenvalue weighted by Gasteiger charge is 2.18. The van der Waals surface area contributed by atoms with E-state index in [0.717, 1.165) is 0 Å². The lowest BCUT2D eigenvalue weighted by Gasteiger charge is -2.12. The molecular weight excluding hydrogens is 306 g/mol. The Kier molecular flexibility index (Phi) is 5.89. The molecule has 0 aliphatic rings. The first kappa shape index (κ1) is 16.9. The van der Waals surface area contributed by atoms with Gasteiger partial charge in [0, 0.05) is 19.6 Å². The summed E-state index contributed by atoms with van der Waals surface area (Å²) in [5, 5.41) is 2.86. The van der Waals surface area contributed by atoms with Crippen LogP contribution in [-0.4, -0.2) is 46.8 Å². The van der Waals surface area contributed by atoms with Crippen molar-refractivity contribution in [3.05, 3.63) is 24.3 Å². The molecule has 0 aliphatic heterocycles. The summed E-state index contributed by atoms with van der Waals surface area (Å²) in [6.07, 6.45) is 0. The van der Waals surface area contributed by atoms with Crippen molar-refractivity contribution in [1.82, 2.24) is 4.72 Å². The molecule has 0 heterocycles. The topological polar surface area (TPSA) is 139 Å². The summed E-state index contributed by atoms with van der Waals surface area (Å²) in [4.78, 5) is -0.0104. The summed E-state index contributed by atoms with van der Waals surface area (Å²) in [5.74, 6) is -0.690. The van der Waals surface area contributed by atoms with Crippen LogP contribution in [0.4, 0.5) is 5.69 Å². The average Bonchev–Trinajstić information content (AvgIpc) is 2.34. The molecule has 0 atom stereocenters. The second kappa shape index (κ2) is 6.99. The molecule has 8 nitrogen and oxygen atoms in total. The van der Waals surface area contributed by atoms with Crippen molar-refractivity contribution in [1.29, 1.82) is 0 Å². The van der Waals surface area contributed by atoms with Gasteiger partial charge in [-0.2, -0.15) is 8.42 Å². The molecular formula is C10H17N3O5S2. The lowest BCUT2D eigenvalue weighted by atomic mass is 10.3. The van der Waals surface area contributed by atoms with Gasteiger partial charge in [0.1, 0.15) is 4.90 Å². The van der Waals surface area contributed by atoms with Crippen molar-refractivity contribution in [2.45, 2.75) is 4.90 Å². The van der Waals surface area contributed by atoms with Gasteiger partial charge in [-0.15, -0.1) is 0 Å². The molecule has 0 spiro atoms. The Bertz CT molecular complexity index is 643. The van der Waals surface area contributed by atoms with Crippen LogP contribution in [0.5, 0.6) is 0 Å². The summed E-state index contributed by atoms with van der Waals surface area (Å²) >= 11 is 0. The minimum atomic E-state index is -4.21. The highest BCUT2D eigenvalue weighted by atomic mass is 32.2. The molecule has 20 heavy (non-hydrogen) atoms. The van der Waals surface area contributed by atoms with Crippen molar-refractivity contribution in [2.75, 3.05) is 30.7 Å². The van der Waals surface area contributed by atoms with E-state index in [0.29, 0.717) is 18.8 Å². The first-order chi connectivity index (χ1) is 9.26. The predicted octanol–water partition coefficient (Wildman–Crippen LogP) is -0.777. The second-order valence-electron chi connectivity index (χ2n) is 3.90. The maximum Gasteiger partial charge on any atom is 0.266 e. The number of rotatable bonds is 8. The van der Waals surface area contributed by atoms with E-state index in [4.69, 9.17) is 10.3 Å². The van der Waals surface area contributed by atoms with E-state index < -0.39 is 32.4 Å². The number of sulfonamides is 1. The van der Waals surface area contributed by atoms with E-state index >= 15 is 0 Å². The van der Waals surface area contributed by atoms with Gasteiger partial charge in [-0.1, -0.05) is 12.1 Å². The molecule has 0 saturated carbocycles. The molecule has 0 saturated heterocycles. The fraction of sp³-hybridized carbons (Fsp3) is 0.400. The standard InChI is InChI=1S/C10H17N3O5S2/c11-5-6-12-9-3-1-2-4-10(9)20(17,18)13-7-8-19(14,15)16/h1-4,12-13H,5-8,11H2,(H,14,15,16). The van der Waals surface area contributed by atoms with Gasteiger partial charge in [-0.25, -0.2) is 13.1 Å². The lowest BCUT2D eigenvalue weighted by Crippen LogP contribution is -2.29. The molecule has 0 amide bonds. The third-order valence-corrected chi connectivity index (χ3v) is 4.53. The van der Waals surface area contributed by atoms with Gasteiger partial charge in [-0.05, 0) is 12.1 Å². The molecule has 0 bridgehead atoms. The van der Waals surface area contributed by atoms with Gasteiger partial charge < -0.3 is 11.1 Å². The Morgan fingerprint density at radius 3 is 2.35 bits per heavy atom. The monoisotopic (exact) mass is 323 g/mol. The lowest BCUT2D eigenvalue weighted by molar-refractivity contribution is 0.482. The van der Waals surface area contributed by atoms with Crippen LogP contribution in [0.25, 0.3) is 0 Å². The maximum absolute atomic E-state index is 12.0. The number of hydrogen-bond donors (Lipinski definition) is 4. The maximum atomic E-state index is 12.0. The normalized spacial score (nSPS) is 12.3. The Hall–Kier alpha value is -1.20. The summed E-state index contributed by atoms with van der Waals surface area (Å²) in [7, 11) is -8.08. The number of anilines is 1. The minimum absolute atomic E-state index is 0.0104. The van der Waals surface area contributed by atoms with E-state index in [1.807, 2.05) is 0 Å². The summed E-state index contributed by atoms with van der Waals surface area (Å²) in [6.45, 7) is 0.328. The van der Waals surface area contributed by atoms with Crippen LogP contribution in [0.2, 0.25) is 0 Å². The van der Waals surface area contributed by atoms with Crippen LogP contribution < -0.4 is 15.8 Å². The molecule has 1 aromatic carbocycles. The number of nitrogens with one attached hydrogen (secondary N) is 2. The van der Waals surface area contributed by atoms with Crippen LogP contribution in [0, 0.1) is 0 Å². The van der Waals surface area contributed by atoms with Crippen molar-refractivity contribution in [3.63, 3.8) is 0 Å². The summed E-state index contributed by atoms with van der Waals surface area (Å²) < 4.78 is 55.9. The SMILES string of the molecule is NCCNc1ccccc1S(=O)(=O)NCCS(=O)(=O)O. The van der Waals surface area contributed by atoms with E-state index in [1.165, 1.54) is 6.07 Å². The summed E-state index contributed by atoms with van der Waals surface area (Å²) in [6, 6.07) is 6.17. The molecule has 0 fully saturated rings. The Labute approximate surface area is 118 Å². The molecule has 0 unspecified atom stereocenters. The largest absolute Gasteiger partial charge is 0.383 e. The number of hydrogen-bond acceptors (Lipinski definition) is 6. The third-order valence-electron chi connectivity index (χ3n) is 2.29. The van der Waals surface area contributed by atoms with Crippen LogP contribution in [-0.2, 0) is 20.1 Å². The molecule has 1 aromatic rings. The smallest absolute Gasteiger partial charge is 0.266 e. The van der Waals surface area contributed by atoms with E-state index in [9.17, 15) is 16.8 Å². The fourth-order valence-corrected chi connectivity index (χ4v) is 3.14. The molecule has 0 aromatic heterocycles. The van der Waals surface area contributed by atoms with Gasteiger partial charge in [0.2, 0.25) is 10.0 Å². The second-order valence-corrected chi connectivity index (χ2v) is 7.20. The molecule has 114 valence electrons. The quantitative estimate of drug-likeness (QED) is 0.460. The van der Waals surface area contributed by atoms with E-state index in [-0.39, 0.29) is 4.90 Å². The zero-order valence-electron chi connectivity index (χ0n) is 10.6. The van der Waals surface area contributed by atoms with Crippen LogP contribution >= 0.6 is 0 Å². The Morgan fingerprint density at radius 2 is 1.75 bits per heavy atom. The van der Waals surface area contributed by atoms with Gasteiger partial charge in [0.05, 0.1) is 11.4 Å². The van der Waals surface area contributed by atoms with Crippen LogP contribution in [0.15, 0.2) is 29.2 Å². The van der Waals surface area contributed by atoms with E-state index in [1.54, 1.807) is 18.2 Å². The molecule has 1 rings (SSSR count). The zero-order valence-corrected chi connectivity index (χ0v) is 12.2. The van der Waals surface area contributed by atoms with Crippen molar-refractivity contribution in [3.8, 4) is 0 Å². The van der Waals surface area contributed by atoms with Crippen LogP contribution in [0.1, 0.15) is 0 Å². The van der Waals surface area contributed by atoms with Gasteiger partial charge >= 0.3 is 0 Å². The number of benzene rings is 1. The number of nitrogens with two attached hydrogens (primary N) is 1. The third kappa shape index (κ3) is 5.43. The highest BCUT2D eigenvalue weighted by Crippen LogP contribution is 2.20. The fourth-order valence-electron chi connectivity index (χ4n) is 1.44. The Morgan fingerprint density at radius 1 is 1.10 bits per heavy atom. The predicted molar refractivity (Wildman–Crippen MR) is 75.6 cm³/mol. The first-order valence-electron chi connectivity index (χ1n) is 5.74.